The second kappa shape index (κ2) is 11.1. The van der Waals surface area contributed by atoms with E-state index in [1.165, 1.54) is 6.42 Å². The summed E-state index contributed by atoms with van der Waals surface area (Å²) >= 11 is 0. The number of hydrogen-bond donors (Lipinski definition) is 1. The molecular formula is C29H38N2O4. The molecular weight excluding hydrogens is 440 g/mol. The fraction of sp³-hybridized carbons (Fsp3) is 0.517. The van der Waals surface area contributed by atoms with E-state index in [4.69, 9.17) is 9.47 Å². The highest BCUT2D eigenvalue weighted by Crippen LogP contribution is 2.36. The fourth-order valence-electron chi connectivity index (χ4n) is 5.43. The van der Waals surface area contributed by atoms with E-state index in [0.29, 0.717) is 49.3 Å². The van der Waals surface area contributed by atoms with Crippen LogP contribution in [0.2, 0.25) is 0 Å². The van der Waals surface area contributed by atoms with Gasteiger partial charge in [-0.1, -0.05) is 51.0 Å². The molecule has 1 aliphatic heterocycles. The number of ether oxygens (including phenoxy) is 2. The highest BCUT2D eigenvalue weighted by molar-refractivity contribution is 6.04. The largest absolute Gasteiger partial charge is 0.490 e. The van der Waals surface area contributed by atoms with Gasteiger partial charge < -0.3 is 19.7 Å². The van der Waals surface area contributed by atoms with Crippen molar-refractivity contribution < 1.29 is 19.1 Å². The van der Waals surface area contributed by atoms with E-state index in [0.717, 1.165) is 29.7 Å². The summed E-state index contributed by atoms with van der Waals surface area (Å²) in [7, 11) is 0. The van der Waals surface area contributed by atoms with E-state index in [1.54, 1.807) is 4.90 Å². The summed E-state index contributed by atoms with van der Waals surface area (Å²) in [5.74, 6) is 2.28. The standard InChI is InChI=1S/C29H38N2O4/c1-5-34-25-15-14-21(18-26(25)35-6-2)16-17-31-27(22-11-7-8-12-23(22)29(31)33)28(32)30-24-13-9-10-19(3)20(24)4/h7-8,11-12,14-15,18-20,24,27H,5-6,9-10,13,16-17H2,1-4H3,(H,30,32)/t19-,20-,24-,27-/m1/s1. The predicted molar refractivity (Wildman–Crippen MR) is 137 cm³/mol. The Labute approximate surface area is 209 Å². The topological polar surface area (TPSA) is 67.9 Å². The van der Waals surface area contributed by atoms with Gasteiger partial charge in [0.2, 0.25) is 5.91 Å². The van der Waals surface area contributed by atoms with Gasteiger partial charge >= 0.3 is 0 Å². The average Bonchev–Trinajstić information content (AvgIpc) is 3.14. The number of hydrogen-bond acceptors (Lipinski definition) is 4. The summed E-state index contributed by atoms with van der Waals surface area (Å²) in [6.45, 7) is 9.93. The first-order valence-electron chi connectivity index (χ1n) is 13.0. The Kier molecular flexibility index (Phi) is 7.99. The Morgan fingerprint density at radius 3 is 2.54 bits per heavy atom. The monoisotopic (exact) mass is 478 g/mol. The minimum absolute atomic E-state index is 0.0732. The molecule has 1 fully saturated rings. The van der Waals surface area contributed by atoms with Crippen molar-refractivity contribution in [3.8, 4) is 11.5 Å². The molecule has 6 nitrogen and oxygen atoms in total. The van der Waals surface area contributed by atoms with Crippen molar-refractivity contribution in [2.45, 2.75) is 65.5 Å². The normalized spacial score (nSPS) is 23.7. The molecule has 6 heteroatoms. The van der Waals surface area contributed by atoms with Crippen molar-refractivity contribution >= 4 is 11.8 Å². The van der Waals surface area contributed by atoms with Gasteiger partial charge in [-0.2, -0.15) is 0 Å². The molecule has 0 unspecified atom stereocenters. The number of nitrogens with zero attached hydrogens (tertiary/aromatic N) is 1. The summed E-state index contributed by atoms with van der Waals surface area (Å²) < 4.78 is 11.4. The maximum Gasteiger partial charge on any atom is 0.255 e. The zero-order chi connectivity index (χ0) is 24.9. The minimum Gasteiger partial charge on any atom is -0.490 e. The third kappa shape index (κ3) is 5.31. The zero-order valence-electron chi connectivity index (χ0n) is 21.4. The van der Waals surface area contributed by atoms with E-state index < -0.39 is 6.04 Å². The summed E-state index contributed by atoms with van der Waals surface area (Å²) in [4.78, 5) is 28.7. The number of rotatable bonds is 9. The van der Waals surface area contributed by atoms with Crippen LogP contribution in [0.4, 0.5) is 0 Å². The van der Waals surface area contributed by atoms with Gasteiger partial charge in [0.25, 0.3) is 5.91 Å². The number of amides is 2. The van der Waals surface area contributed by atoms with Crippen LogP contribution in [0.25, 0.3) is 0 Å². The van der Waals surface area contributed by atoms with Gasteiger partial charge in [0, 0.05) is 18.2 Å². The molecule has 2 aliphatic rings. The quantitative estimate of drug-likeness (QED) is 0.540. The van der Waals surface area contributed by atoms with Gasteiger partial charge in [0.1, 0.15) is 6.04 Å². The minimum atomic E-state index is -0.600. The van der Waals surface area contributed by atoms with Gasteiger partial charge in [-0.15, -0.1) is 0 Å². The molecule has 4 atom stereocenters. The van der Waals surface area contributed by atoms with Crippen molar-refractivity contribution in [2.24, 2.45) is 11.8 Å². The summed E-state index contributed by atoms with van der Waals surface area (Å²) in [6, 6.07) is 12.9. The lowest BCUT2D eigenvalue weighted by atomic mass is 9.78. The Hall–Kier alpha value is -3.02. The first-order chi connectivity index (χ1) is 16.9. The van der Waals surface area contributed by atoms with E-state index in [-0.39, 0.29) is 17.9 Å². The summed E-state index contributed by atoms with van der Waals surface area (Å²) in [5, 5.41) is 3.31. The van der Waals surface area contributed by atoms with Crippen LogP contribution in [0.3, 0.4) is 0 Å². The molecule has 0 bridgehead atoms. The van der Waals surface area contributed by atoms with Crippen molar-refractivity contribution in [1.29, 1.82) is 0 Å². The van der Waals surface area contributed by atoms with Gasteiger partial charge in [-0.3, -0.25) is 9.59 Å². The molecule has 35 heavy (non-hydrogen) atoms. The Morgan fingerprint density at radius 2 is 1.77 bits per heavy atom. The highest BCUT2D eigenvalue weighted by atomic mass is 16.5. The van der Waals surface area contributed by atoms with Gasteiger partial charge in [0.05, 0.1) is 13.2 Å². The molecule has 4 rings (SSSR count). The fourth-order valence-corrected chi connectivity index (χ4v) is 5.43. The van der Waals surface area contributed by atoms with Crippen LogP contribution < -0.4 is 14.8 Å². The first-order valence-corrected chi connectivity index (χ1v) is 13.0. The third-order valence-corrected chi connectivity index (χ3v) is 7.59. The summed E-state index contributed by atoms with van der Waals surface area (Å²) in [5.41, 5.74) is 2.46. The lowest BCUT2D eigenvalue weighted by molar-refractivity contribution is -0.127. The molecule has 0 radical (unpaired) electrons. The second-order valence-electron chi connectivity index (χ2n) is 9.77. The molecule has 2 aromatic rings. The number of carbonyl (C=O) groups is 2. The molecule has 1 aliphatic carbocycles. The molecule has 1 N–H and O–H groups in total. The number of nitrogens with one attached hydrogen (secondary N) is 1. The Balaban J connectivity index is 1.53. The maximum atomic E-state index is 13.6. The zero-order valence-corrected chi connectivity index (χ0v) is 21.4. The maximum absolute atomic E-state index is 13.6. The van der Waals surface area contributed by atoms with Crippen LogP contribution in [0.5, 0.6) is 11.5 Å². The SMILES string of the molecule is CCOc1ccc(CCN2C(=O)c3ccccc3[C@@H]2C(=O)N[C@@H]2CCC[C@@H](C)[C@H]2C)cc1OCC. The predicted octanol–water partition coefficient (Wildman–Crippen LogP) is 5.16. The highest BCUT2D eigenvalue weighted by Gasteiger charge is 2.42. The Bertz CT molecular complexity index is 1050. The van der Waals surface area contributed by atoms with E-state index in [9.17, 15) is 9.59 Å². The van der Waals surface area contributed by atoms with Crippen LogP contribution in [0, 0.1) is 11.8 Å². The van der Waals surface area contributed by atoms with Crippen molar-refractivity contribution in [3.63, 3.8) is 0 Å². The first kappa shape index (κ1) is 25.1. The molecule has 0 saturated heterocycles. The van der Waals surface area contributed by atoms with Crippen LogP contribution in [-0.4, -0.2) is 42.5 Å². The molecule has 0 aromatic heterocycles. The van der Waals surface area contributed by atoms with Crippen LogP contribution >= 0.6 is 0 Å². The third-order valence-electron chi connectivity index (χ3n) is 7.59. The molecule has 1 saturated carbocycles. The molecule has 1 heterocycles. The number of carbonyl (C=O) groups excluding carboxylic acids is 2. The molecule has 2 aromatic carbocycles. The van der Waals surface area contributed by atoms with Crippen molar-refractivity contribution in [1.82, 2.24) is 10.2 Å². The van der Waals surface area contributed by atoms with Gasteiger partial charge in [-0.25, -0.2) is 0 Å². The van der Waals surface area contributed by atoms with Crippen molar-refractivity contribution in [3.05, 3.63) is 59.2 Å². The van der Waals surface area contributed by atoms with E-state index in [1.807, 2.05) is 56.3 Å². The number of fused-ring (bicyclic) bond motifs is 1. The van der Waals surface area contributed by atoms with Crippen molar-refractivity contribution in [2.75, 3.05) is 19.8 Å². The molecule has 0 spiro atoms. The van der Waals surface area contributed by atoms with E-state index in [2.05, 4.69) is 19.2 Å². The number of benzene rings is 2. The van der Waals surface area contributed by atoms with Crippen LogP contribution in [0.15, 0.2) is 42.5 Å². The van der Waals surface area contributed by atoms with E-state index >= 15 is 0 Å². The van der Waals surface area contributed by atoms with Crippen LogP contribution in [0.1, 0.15) is 74.5 Å². The summed E-state index contributed by atoms with van der Waals surface area (Å²) in [6.07, 6.45) is 3.94. The lowest BCUT2D eigenvalue weighted by Crippen LogP contribution is -2.48. The molecule has 2 amide bonds. The Morgan fingerprint density at radius 1 is 1.03 bits per heavy atom. The average molecular weight is 479 g/mol. The van der Waals surface area contributed by atoms with Gasteiger partial charge in [0.15, 0.2) is 11.5 Å². The second-order valence-corrected chi connectivity index (χ2v) is 9.77. The van der Waals surface area contributed by atoms with Crippen LogP contribution in [-0.2, 0) is 11.2 Å². The molecule has 188 valence electrons. The smallest absolute Gasteiger partial charge is 0.255 e. The lowest BCUT2D eigenvalue weighted by Gasteiger charge is -2.36. The van der Waals surface area contributed by atoms with Gasteiger partial charge in [-0.05, 0) is 67.9 Å².